The lowest BCUT2D eigenvalue weighted by Crippen LogP contribution is -2.21. The summed E-state index contributed by atoms with van der Waals surface area (Å²) >= 11 is 0. The van der Waals surface area contributed by atoms with Crippen LogP contribution in [0, 0.1) is 10.1 Å². The molecule has 0 spiro atoms. The van der Waals surface area contributed by atoms with Gasteiger partial charge in [-0.25, -0.2) is 4.79 Å². The number of nitrogens with one attached hydrogen (secondary N) is 1. The fourth-order valence-corrected chi connectivity index (χ4v) is 2.57. The second-order valence-corrected chi connectivity index (χ2v) is 5.93. The van der Waals surface area contributed by atoms with Crippen molar-refractivity contribution in [2.24, 2.45) is 0 Å². The number of esters is 1. The molecule has 0 aliphatic heterocycles. The molecule has 0 heterocycles. The Morgan fingerprint density at radius 2 is 2.00 bits per heavy atom. The number of anilines is 2. The molecule has 0 saturated carbocycles. The van der Waals surface area contributed by atoms with Crippen molar-refractivity contribution >= 4 is 29.1 Å². The minimum atomic E-state index is -0.509. The van der Waals surface area contributed by atoms with E-state index in [9.17, 15) is 14.9 Å². The number of rotatable bonds is 9. The number of hydrogen-bond donors (Lipinski definition) is 1. The van der Waals surface area contributed by atoms with Crippen molar-refractivity contribution in [2.75, 3.05) is 37.5 Å². The van der Waals surface area contributed by atoms with E-state index < -0.39 is 10.9 Å². The van der Waals surface area contributed by atoms with Gasteiger partial charge in [0.2, 0.25) is 0 Å². The van der Waals surface area contributed by atoms with E-state index in [1.807, 2.05) is 42.3 Å². The summed E-state index contributed by atoms with van der Waals surface area (Å²) in [6.07, 6.45) is 3.55. The third kappa shape index (κ3) is 6.14. The van der Waals surface area contributed by atoms with Gasteiger partial charge < -0.3 is 15.0 Å². The van der Waals surface area contributed by atoms with E-state index in [0.29, 0.717) is 17.8 Å². The van der Waals surface area contributed by atoms with E-state index in [1.54, 1.807) is 12.1 Å². The molecule has 7 heteroatoms. The Morgan fingerprint density at radius 3 is 2.67 bits per heavy atom. The number of carbonyl (C=O) groups is 1. The van der Waals surface area contributed by atoms with Crippen molar-refractivity contribution in [1.29, 1.82) is 0 Å². The summed E-state index contributed by atoms with van der Waals surface area (Å²) in [5.74, 6) is -0.509. The van der Waals surface area contributed by atoms with Crippen LogP contribution in [0.25, 0.3) is 6.08 Å². The van der Waals surface area contributed by atoms with Gasteiger partial charge in [0.25, 0.3) is 5.69 Å². The van der Waals surface area contributed by atoms with Crippen LogP contribution in [0.4, 0.5) is 17.1 Å². The quantitative estimate of drug-likeness (QED) is 0.238. The minimum Gasteiger partial charge on any atom is -0.466 e. The van der Waals surface area contributed by atoms with Gasteiger partial charge in [0, 0.05) is 38.0 Å². The van der Waals surface area contributed by atoms with Crippen LogP contribution >= 0.6 is 0 Å². The number of methoxy groups -OCH3 is 1. The molecule has 1 N–H and O–H groups in total. The Hall–Kier alpha value is -3.35. The van der Waals surface area contributed by atoms with Crippen LogP contribution in [0.15, 0.2) is 54.6 Å². The largest absolute Gasteiger partial charge is 0.466 e. The van der Waals surface area contributed by atoms with Gasteiger partial charge in [-0.2, -0.15) is 0 Å². The molecule has 2 aromatic rings. The summed E-state index contributed by atoms with van der Waals surface area (Å²) in [6.45, 7) is 1.43. The average molecular weight is 369 g/mol. The van der Waals surface area contributed by atoms with E-state index >= 15 is 0 Å². The van der Waals surface area contributed by atoms with Gasteiger partial charge in [0.15, 0.2) is 0 Å². The molecular formula is C20H23N3O4. The molecule has 0 saturated heterocycles. The van der Waals surface area contributed by atoms with Crippen molar-refractivity contribution < 1.29 is 14.5 Å². The minimum absolute atomic E-state index is 0.000495. The Balaban J connectivity index is 1.99. The first-order valence-corrected chi connectivity index (χ1v) is 8.56. The van der Waals surface area contributed by atoms with Crippen molar-refractivity contribution in [3.8, 4) is 0 Å². The molecule has 27 heavy (non-hydrogen) atoms. The molecule has 7 nitrogen and oxygen atoms in total. The highest BCUT2D eigenvalue weighted by Gasteiger charge is 2.17. The lowest BCUT2D eigenvalue weighted by atomic mass is 10.1. The smallest absolute Gasteiger partial charge is 0.330 e. The first-order valence-electron chi connectivity index (χ1n) is 8.56. The molecule has 0 atom stereocenters. The second-order valence-electron chi connectivity index (χ2n) is 5.93. The van der Waals surface area contributed by atoms with E-state index in [-0.39, 0.29) is 5.69 Å². The zero-order chi connectivity index (χ0) is 19.6. The first-order chi connectivity index (χ1) is 13.0. The lowest BCUT2D eigenvalue weighted by Gasteiger charge is -2.19. The van der Waals surface area contributed by atoms with E-state index in [1.165, 1.54) is 25.3 Å². The maximum absolute atomic E-state index is 11.4. The van der Waals surface area contributed by atoms with Gasteiger partial charge in [0.1, 0.15) is 5.69 Å². The number of benzene rings is 2. The lowest BCUT2D eigenvalue weighted by molar-refractivity contribution is -0.384. The molecular weight excluding hydrogens is 346 g/mol. The van der Waals surface area contributed by atoms with Gasteiger partial charge >= 0.3 is 5.97 Å². The molecule has 2 aromatic carbocycles. The molecule has 0 unspecified atom stereocenters. The number of ether oxygens (including phenoxy) is 1. The maximum atomic E-state index is 11.4. The molecule has 142 valence electrons. The zero-order valence-corrected chi connectivity index (χ0v) is 15.4. The summed E-state index contributed by atoms with van der Waals surface area (Å²) in [5.41, 5.74) is 2.15. The third-order valence-electron chi connectivity index (χ3n) is 3.99. The monoisotopic (exact) mass is 369 g/mol. The molecule has 0 aliphatic carbocycles. The summed E-state index contributed by atoms with van der Waals surface area (Å²) in [6, 6.07) is 14.8. The van der Waals surface area contributed by atoms with Gasteiger partial charge in [-0.3, -0.25) is 10.1 Å². The molecule has 2 rings (SSSR count). The fraction of sp³-hybridized carbons (Fsp3) is 0.250. The van der Waals surface area contributed by atoms with Gasteiger partial charge in [0.05, 0.1) is 12.0 Å². The van der Waals surface area contributed by atoms with E-state index in [4.69, 9.17) is 0 Å². The number of hydrogen-bond acceptors (Lipinski definition) is 6. The molecule has 0 aromatic heterocycles. The number of nitro benzene ring substituents is 1. The average Bonchev–Trinajstić information content (AvgIpc) is 2.69. The fourth-order valence-electron chi connectivity index (χ4n) is 2.57. The number of nitrogens with zero attached hydrogens (tertiary/aromatic N) is 2. The van der Waals surface area contributed by atoms with Crippen LogP contribution in [-0.2, 0) is 9.53 Å². The van der Waals surface area contributed by atoms with E-state index in [2.05, 4.69) is 10.1 Å². The van der Waals surface area contributed by atoms with Crippen molar-refractivity contribution in [3.05, 3.63) is 70.3 Å². The van der Waals surface area contributed by atoms with Crippen molar-refractivity contribution in [2.45, 2.75) is 6.42 Å². The Bertz CT molecular complexity index is 806. The normalized spacial score (nSPS) is 10.6. The highest BCUT2D eigenvalue weighted by atomic mass is 16.6. The first kappa shape index (κ1) is 20.0. The number of carbonyl (C=O) groups excluding carboxylic acids is 1. The molecule has 0 bridgehead atoms. The van der Waals surface area contributed by atoms with Crippen LogP contribution in [0.3, 0.4) is 0 Å². The zero-order valence-electron chi connectivity index (χ0n) is 15.4. The Kier molecular flexibility index (Phi) is 7.37. The molecule has 0 amide bonds. The standard InChI is InChI=1S/C20H23N3O4/c1-22(14-6-13-21-17-7-4-3-5-8-17)18-11-9-16(10-12-20(24)27-2)15-19(18)23(25)26/h3-5,7-12,15,21H,6,13-14H2,1-2H3. The SMILES string of the molecule is COC(=O)C=Cc1ccc(N(C)CCCNc2ccccc2)c([N+](=O)[O-])c1. The summed E-state index contributed by atoms with van der Waals surface area (Å²) in [4.78, 5) is 24.1. The molecule has 0 radical (unpaired) electrons. The van der Waals surface area contributed by atoms with Crippen LogP contribution in [-0.4, -0.2) is 38.1 Å². The van der Waals surface area contributed by atoms with E-state index in [0.717, 1.165) is 18.7 Å². The summed E-state index contributed by atoms with van der Waals surface area (Å²) in [7, 11) is 3.11. The maximum Gasteiger partial charge on any atom is 0.330 e. The highest BCUT2D eigenvalue weighted by molar-refractivity contribution is 5.87. The summed E-state index contributed by atoms with van der Waals surface area (Å²) < 4.78 is 4.52. The van der Waals surface area contributed by atoms with Crippen molar-refractivity contribution in [3.63, 3.8) is 0 Å². The predicted molar refractivity (Wildman–Crippen MR) is 107 cm³/mol. The highest BCUT2D eigenvalue weighted by Crippen LogP contribution is 2.29. The van der Waals surface area contributed by atoms with Crippen LogP contribution in [0.2, 0.25) is 0 Å². The van der Waals surface area contributed by atoms with Crippen molar-refractivity contribution in [1.82, 2.24) is 0 Å². The Morgan fingerprint density at radius 1 is 1.26 bits per heavy atom. The Labute approximate surface area is 158 Å². The van der Waals surface area contributed by atoms with Gasteiger partial charge in [-0.05, 0) is 36.3 Å². The number of nitro groups is 1. The third-order valence-corrected chi connectivity index (χ3v) is 3.99. The predicted octanol–water partition coefficient (Wildman–Crippen LogP) is 3.72. The number of para-hydroxylation sites is 1. The van der Waals surface area contributed by atoms with Gasteiger partial charge in [-0.15, -0.1) is 0 Å². The molecule has 0 aliphatic rings. The van der Waals surface area contributed by atoms with Crippen LogP contribution in [0.5, 0.6) is 0 Å². The van der Waals surface area contributed by atoms with Crippen LogP contribution < -0.4 is 10.2 Å². The second kappa shape index (κ2) is 9.96. The topological polar surface area (TPSA) is 84.7 Å². The summed E-state index contributed by atoms with van der Waals surface area (Å²) in [5, 5.41) is 14.8. The molecule has 0 fully saturated rings. The van der Waals surface area contributed by atoms with Gasteiger partial charge in [-0.1, -0.05) is 24.3 Å². The van der Waals surface area contributed by atoms with Crippen LogP contribution in [0.1, 0.15) is 12.0 Å².